The Balaban J connectivity index is 1.54. The number of nitrogens with zero attached hydrogens (tertiary/aromatic N) is 2. The van der Waals surface area contributed by atoms with Crippen molar-refractivity contribution in [1.29, 1.82) is 10.5 Å². The highest BCUT2D eigenvalue weighted by Gasteiger charge is 2.30. The van der Waals surface area contributed by atoms with Crippen LogP contribution in [0.5, 0.6) is 0 Å². The summed E-state index contributed by atoms with van der Waals surface area (Å²) >= 11 is 0. The van der Waals surface area contributed by atoms with Crippen LogP contribution < -0.4 is 0 Å². The average molecular weight is 522 g/mol. The second-order valence-corrected chi connectivity index (χ2v) is 8.14. The number of hydrogen-bond acceptors (Lipinski definition) is 2. The lowest BCUT2D eigenvalue weighted by molar-refractivity contribution is -0.138. The van der Waals surface area contributed by atoms with Crippen LogP contribution in [-0.4, -0.2) is 9.97 Å². The summed E-state index contributed by atoms with van der Waals surface area (Å²) in [5.41, 5.74) is 1.70. The molecule has 0 saturated carbocycles. The van der Waals surface area contributed by atoms with E-state index in [9.17, 15) is 36.9 Å². The van der Waals surface area contributed by atoms with Crippen molar-refractivity contribution in [2.24, 2.45) is 0 Å². The molecule has 0 spiro atoms. The van der Waals surface area contributed by atoms with Gasteiger partial charge in [0.15, 0.2) is 0 Å². The second kappa shape index (κ2) is 10.2. The molecule has 38 heavy (non-hydrogen) atoms. The van der Waals surface area contributed by atoms with E-state index in [0.29, 0.717) is 33.9 Å². The van der Waals surface area contributed by atoms with Gasteiger partial charge < -0.3 is 9.97 Å². The van der Waals surface area contributed by atoms with Crippen molar-refractivity contribution in [3.63, 3.8) is 0 Å². The zero-order valence-electron chi connectivity index (χ0n) is 19.2. The van der Waals surface area contributed by atoms with Gasteiger partial charge in [-0.15, -0.1) is 0 Å². The van der Waals surface area contributed by atoms with Gasteiger partial charge in [-0.2, -0.15) is 36.9 Å². The smallest absolute Gasteiger partial charge is 0.354 e. The monoisotopic (exact) mass is 522 g/mol. The number of aromatic amines is 2. The van der Waals surface area contributed by atoms with Crippen molar-refractivity contribution in [2.45, 2.75) is 12.4 Å². The van der Waals surface area contributed by atoms with E-state index in [1.54, 1.807) is 24.3 Å². The minimum atomic E-state index is -4.47. The topological polar surface area (TPSA) is 79.2 Å². The van der Waals surface area contributed by atoms with Crippen LogP contribution in [0.25, 0.3) is 34.7 Å². The van der Waals surface area contributed by atoms with Crippen molar-refractivity contribution in [3.8, 4) is 23.5 Å². The molecule has 2 N–H and O–H groups in total. The Labute approximate surface area is 212 Å². The highest BCUT2D eigenvalue weighted by atomic mass is 19.4. The number of nitrogens with one attached hydrogen (secondary N) is 2. The lowest BCUT2D eigenvalue weighted by atomic mass is 10.0. The van der Waals surface area contributed by atoms with Gasteiger partial charge in [0.05, 0.1) is 45.8 Å². The SMILES string of the molecule is N#C/C(=C\c1ccc(-c2ccc(/C=C(\C#N)c3ccc(C(F)(F)F)cc3)[nH]2)[nH]1)c1ccc(C(F)(F)F)cc1. The van der Waals surface area contributed by atoms with Crippen LogP contribution in [0.1, 0.15) is 33.6 Å². The molecule has 10 heteroatoms. The van der Waals surface area contributed by atoms with Gasteiger partial charge in [-0.3, -0.25) is 0 Å². The zero-order valence-corrected chi connectivity index (χ0v) is 19.2. The largest absolute Gasteiger partial charge is 0.416 e. The van der Waals surface area contributed by atoms with E-state index in [1.165, 1.54) is 36.4 Å². The molecule has 0 amide bonds. The Hall–Kier alpha value is -4.96. The van der Waals surface area contributed by atoms with Crippen molar-refractivity contribution < 1.29 is 26.3 Å². The van der Waals surface area contributed by atoms with E-state index in [2.05, 4.69) is 9.97 Å². The normalized spacial score (nSPS) is 12.7. The van der Waals surface area contributed by atoms with Gasteiger partial charge >= 0.3 is 12.4 Å². The van der Waals surface area contributed by atoms with Crippen LogP contribution in [0, 0.1) is 22.7 Å². The molecule has 0 saturated heterocycles. The molecule has 0 radical (unpaired) electrons. The number of halogens is 6. The lowest BCUT2D eigenvalue weighted by Gasteiger charge is -2.07. The van der Waals surface area contributed by atoms with Gasteiger partial charge in [0.2, 0.25) is 0 Å². The molecule has 0 bridgehead atoms. The van der Waals surface area contributed by atoms with Crippen LogP contribution >= 0.6 is 0 Å². The molecule has 0 fully saturated rings. The van der Waals surface area contributed by atoms with E-state index in [1.807, 2.05) is 12.1 Å². The summed E-state index contributed by atoms with van der Waals surface area (Å²) in [6.07, 6.45) is -5.93. The number of allylic oxidation sites excluding steroid dienone is 2. The summed E-state index contributed by atoms with van der Waals surface area (Å²) in [7, 11) is 0. The molecule has 0 aliphatic rings. The quantitative estimate of drug-likeness (QED) is 0.205. The van der Waals surface area contributed by atoms with Gasteiger partial charge in [0.25, 0.3) is 0 Å². The third kappa shape index (κ3) is 5.88. The van der Waals surface area contributed by atoms with Crippen LogP contribution in [0.2, 0.25) is 0 Å². The first-order valence-corrected chi connectivity index (χ1v) is 10.9. The number of H-pyrrole nitrogens is 2. The standard InChI is InChI=1S/C28H16F6N4/c29-27(30,31)21-5-1-17(2-6-21)19(15-35)13-23-9-11-25(37-23)26-12-10-24(38-26)14-20(16-36)18-3-7-22(8-4-18)28(32,33)34/h1-14,37-38H/b19-13+,20-14+. The number of nitriles is 2. The Morgan fingerprint density at radius 2 is 0.895 bits per heavy atom. The van der Waals surface area contributed by atoms with Crippen LogP contribution in [0.3, 0.4) is 0 Å². The number of rotatable bonds is 5. The fourth-order valence-electron chi connectivity index (χ4n) is 3.66. The summed E-state index contributed by atoms with van der Waals surface area (Å²) < 4.78 is 76.8. The summed E-state index contributed by atoms with van der Waals surface area (Å²) in [4.78, 5) is 6.20. The summed E-state index contributed by atoms with van der Waals surface area (Å²) in [5.74, 6) is 0. The van der Waals surface area contributed by atoms with E-state index >= 15 is 0 Å². The Morgan fingerprint density at radius 1 is 0.553 bits per heavy atom. The maximum absolute atomic E-state index is 12.8. The van der Waals surface area contributed by atoms with Gasteiger partial charge in [0.1, 0.15) is 0 Å². The Bertz CT molecular complexity index is 1460. The van der Waals surface area contributed by atoms with Crippen molar-refractivity contribution in [2.75, 3.05) is 0 Å². The molecule has 4 rings (SSSR count). The van der Waals surface area contributed by atoms with Crippen molar-refractivity contribution in [1.82, 2.24) is 9.97 Å². The molecule has 0 atom stereocenters. The van der Waals surface area contributed by atoms with Gasteiger partial charge in [-0.1, -0.05) is 24.3 Å². The second-order valence-electron chi connectivity index (χ2n) is 8.14. The summed E-state index contributed by atoms with van der Waals surface area (Å²) in [6, 6.07) is 19.4. The molecule has 2 heterocycles. The predicted molar refractivity (Wildman–Crippen MR) is 130 cm³/mol. The first-order chi connectivity index (χ1) is 18.0. The summed E-state index contributed by atoms with van der Waals surface area (Å²) in [6.45, 7) is 0. The molecule has 0 aliphatic carbocycles. The molecule has 4 aromatic rings. The molecule has 4 nitrogen and oxygen atoms in total. The lowest BCUT2D eigenvalue weighted by Crippen LogP contribution is -2.04. The Morgan fingerprint density at radius 3 is 1.18 bits per heavy atom. The van der Waals surface area contributed by atoms with Crippen LogP contribution in [0.4, 0.5) is 26.3 Å². The highest BCUT2D eigenvalue weighted by molar-refractivity contribution is 5.90. The molecule has 2 aromatic heterocycles. The van der Waals surface area contributed by atoms with E-state index in [4.69, 9.17) is 0 Å². The van der Waals surface area contributed by atoms with E-state index in [-0.39, 0.29) is 11.1 Å². The number of benzene rings is 2. The van der Waals surface area contributed by atoms with Crippen molar-refractivity contribution in [3.05, 3.63) is 106 Å². The maximum Gasteiger partial charge on any atom is 0.416 e. The van der Waals surface area contributed by atoms with E-state index < -0.39 is 23.5 Å². The number of aromatic nitrogens is 2. The zero-order chi connectivity index (χ0) is 27.5. The minimum Gasteiger partial charge on any atom is -0.354 e. The first kappa shape index (κ1) is 26.1. The Kier molecular flexibility index (Phi) is 7.00. The molecule has 0 unspecified atom stereocenters. The third-order valence-electron chi connectivity index (χ3n) is 5.59. The first-order valence-electron chi connectivity index (χ1n) is 10.9. The number of hydrogen-bond donors (Lipinski definition) is 2. The summed E-state index contributed by atoms with van der Waals surface area (Å²) in [5, 5.41) is 19.0. The average Bonchev–Trinajstić information content (AvgIpc) is 3.54. The molecule has 190 valence electrons. The van der Waals surface area contributed by atoms with Crippen LogP contribution in [0.15, 0.2) is 72.8 Å². The fraction of sp³-hybridized carbons (Fsp3) is 0.0714. The van der Waals surface area contributed by atoms with Gasteiger partial charge in [-0.25, -0.2) is 0 Å². The van der Waals surface area contributed by atoms with E-state index in [0.717, 1.165) is 24.3 Å². The minimum absolute atomic E-state index is 0.164. The fourth-order valence-corrected chi connectivity index (χ4v) is 3.66. The van der Waals surface area contributed by atoms with Crippen LogP contribution in [-0.2, 0) is 12.4 Å². The number of alkyl halides is 6. The third-order valence-corrected chi connectivity index (χ3v) is 5.59. The van der Waals surface area contributed by atoms with Gasteiger partial charge in [-0.05, 0) is 71.8 Å². The van der Waals surface area contributed by atoms with Gasteiger partial charge in [0, 0.05) is 11.4 Å². The predicted octanol–water partition coefficient (Wildman–Crippen LogP) is 8.18. The molecular weight excluding hydrogens is 506 g/mol. The highest BCUT2D eigenvalue weighted by Crippen LogP contribution is 2.32. The molecule has 2 aromatic carbocycles. The maximum atomic E-state index is 12.8. The molecule has 0 aliphatic heterocycles. The molecular formula is C28H16F6N4. The van der Waals surface area contributed by atoms with Crippen molar-refractivity contribution >= 4 is 23.3 Å².